The van der Waals surface area contributed by atoms with Crippen LogP contribution in [-0.2, 0) is 0 Å². The molecule has 4 nitrogen and oxygen atoms in total. The maximum atomic E-state index is 11.9. The van der Waals surface area contributed by atoms with Crippen molar-refractivity contribution in [3.63, 3.8) is 0 Å². The minimum atomic E-state index is -0.129. The molecule has 1 aromatic carbocycles. The van der Waals surface area contributed by atoms with E-state index in [0.717, 1.165) is 16.4 Å². The van der Waals surface area contributed by atoms with Crippen molar-refractivity contribution < 1.29 is 0 Å². The zero-order valence-corrected chi connectivity index (χ0v) is 13.8. The molecular weight excluding hydrogens is 269 g/mol. The van der Waals surface area contributed by atoms with Gasteiger partial charge in [-0.1, -0.05) is 31.5 Å². The van der Waals surface area contributed by atoms with E-state index >= 15 is 0 Å². The van der Waals surface area contributed by atoms with Crippen LogP contribution in [0.15, 0.2) is 29.2 Å². The van der Waals surface area contributed by atoms with E-state index in [2.05, 4.69) is 19.2 Å². The molecule has 108 valence electrons. The number of nitrogens with one attached hydrogen (secondary N) is 1. The van der Waals surface area contributed by atoms with E-state index in [4.69, 9.17) is 0 Å². The number of nitrogens with zero attached hydrogens (tertiary/aromatic N) is 2. The molecule has 0 aliphatic heterocycles. The van der Waals surface area contributed by atoms with Crippen molar-refractivity contribution in [2.24, 2.45) is 0 Å². The van der Waals surface area contributed by atoms with Crippen LogP contribution in [0.2, 0.25) is 0 Å². The first-order valence-electron chi connectivity index (χ1n) is 6.62. The quantitative estimate of drug-likeness (QED) is 0.864. The Labute approximate surface area is 122 Å². The SMILES string of the molecule is CC.Cc1ccc(P)c(-c2ncc(N(C)C)c(=O)[nH]2)c1. The Kier molecular flexibility index (Phi) is 5.90. The molecule has 0 radical (unpaired) electrons. The van der Waals surface area contributed by atoms with Gasteiger partial charge < -0.3 is 9.88 Å². The van der Waals surface area contributed by atoms with Crippen LogP contribution in [-0.4, -0.2) is 24.1 Å². The summed E-state index contributed by atoms with van der Waals surface area (Å²) >= 11 is 0. The van der Waals surface area contributed by atoms with Gasteiger partial charge >= 0.3 is 0 Å². The van der Waals surface area contributed by atoms with Crippen LogP contribution in [0.25, 0.3) is 11.4 Å². The largest absolute Gasteiger partial charge is 0.372 e. The molecule has 20 heavy (non-hydrogen) atoms. The summed E-state index contributed by atoms with van der Waals surface area (Å²) in [6.45, 7) is 6.01. The van der Waals surface area contributed by atoms with Gasteiger partial charge in [-0.15, -0.1) is 9.24 Å². The number of hydrogen-bond acceptors (Lipinski definition) is 3. The molecule has 0 saturated heterocycles. The summed E-state index contributed by atoms with van der Waals surface area (Å²) in [5, 5.41) is 1.02. The fraction of sp³-hybridized carbons (Fsp3) is 0.333. The highest BCUT2D eigenvalue weighted by Gasteiger charge is 2.08. The summed E-state index contributed by atoms with van der Waals surface area (Å²) in [6.07, 6.45) is 1.60. The zero-order chi connectivity index (χ0) is 15.3. The van der Waals surface area contributed by atoms with Gasteiger partial charge in [0.15, 0.2) is 0 Å². The summed E-state index contributed by atoms with van der Waals surface area (Å²) < 4.78 is 0. The lowest BCUT2D eigenvalue weighted by molar-refractivity contribution is 1.04. The molecule has 5 heteroatoms. The number of aryl methyl sites for hydroxylation is 1. The first kappa shape index (κ1) is 16.4. The number of hydrogen-bond donors (Lipinski definition) is 1. The second-order valence-corrected chi connectivity index (χ2v) is 5.05. The lowest BCUT2D eigenvalue weighted by Gasteiger charge is -2.12. The third-order valence-corrected chi connectivity index (χ3v) is 3.23. The third kappa shape index (κ3) is 3.67. The topological polar surface area (TPSA) is 49.0 Å². The summed E-state index contributed by atoms with van der Waals surface area (Å²) in [6, 6.07) is 6.03. The van der Waals surface area contributed by atoms with Crippen LogP contribution < -0.4 is 15.8 Å². The molecule has 0 aliphatic carbocycles. The Balaban J connectivity index is 0.000000956. The fourth-order valence-electron chi connectivity index (χ4n) is 1.72. The predicted molar refractivity (Wildman–Crippen MR) is 90.0 cm³/mol. The highest BCUT2D eigenvalue weighted by Crippen LogP contribution is 2.16. The third-order valence-electron chi connectivity index (χ3n) is 2.73. The van der Waals surface area contributed by atoms with Gasteiger partial charge in [0, 0.05) is 19.7 Å². The van der Waals surface area contributed by atoms with Gasteiger partial charge in [-0.05, 0) is 18.3 Å². The number of anilines is 1. The zero-order valence-electron chi connectivity index (χ0n) is 12.7. The van der Waals surface area contributed by atoms with Gasteiger partial charge in [-0.25, -0.2) is 4.98 Å². The lowest BCUT2D eigenvalue weighted by atomic mass is 10.1. The molecule has 2 rings (SSSR count). The molecule has 0 bridgehead atoms. The van der Waals surface area contributed by atoms with Crippen LogP contribution in [0.4, 0.5) is 5.69 Å². The van der Waals surface area contributed by atoms with Gasteiger partial charge in [0.1, 0.15) is 11.5 Å². The van der Waals surface area contributed by atoms with Crippen molar-refractivity contribution in [3.8, 4) is 11.4 Å². The molecule has 0 fully saturated rings. The average molecular weight is 291 g/mol. The maximum absolute atomic E-state index is 11.9. The Morgan fingerprint density at radius 2 is 1.90 bits per heavy atom. The van der Waals surface area contributed by atoms with Crippen molar-refractivity contribution in [2.45, 2.75) is 20.8 Å². The summed E-state index contributed by atoms with van der Waals surface area (Å²) in [5.41, 5.74) is 2.49. The molecular formula is C15H22N3OP. The minimum absolute atomic E-state index is 0.129. The lowest BCUT2D eigenvalue weighted by Crippen LogP contribution is -2.22. The maximum Gasteiger partial charge on any atom is 0.274 e. The van der Waals surface area contributed by atoms with Gasteiger partial charge in [0.05, 0.1) is 6.20 Å². The van der Waals surface area contributed by atoms with E-state index in [0.29, 0.717) is 11.5 Å². The van der Waals surface area contributed by atoms with Crippen molar-refractivity contribution in [3.05, 3.63) is 40.3 Å². The summed E-state index contributed by atoms with van der Waals surface area (Å²) in [4.78, 5) is 20.8. The predicted octanol–water partition coefficient (Wildman–Crippen LogP) is 2.34. The summed E-state index contributed by atoms with van der Waals surface area (Å²) in [5.74, 6) is 0.597. The standard InChI is InChI=1S/C13H16N3OP.C2H6/c1-8-4-5-11(18)9(6-8)12-14-7-10(16(2)3)13(17)15-12;1-2/h4-7H,18H2,1-3H3,(H,14,15,17);1-2H3. The Morgan fingerprint density at radius 3 is 2.45 bits per heavy atom. The van der Waals surface area contributed by atoms with E-state index in [9.17, 15) is 4.79 Å². The van der Waals surface area contributed by atoms with E-state index in [-0.39, 0.29) is 5.56 Å². The number of H-pyrrole nitrogens is 1. The van der Waals surface area contributed by atoms with E-state index < -0.39 is 0 Å². The van der Waals surface area contributed by atoms with Crippen molar-refractivity contribution in [1.29, 1.82) is 0 Å². The monoisotopic (exact) mass is 291 g/mol. The van der Waals surface area contributed by atoms with Gasteiger partial charge in [0.25, 0.3) is 5.56 Å². The average Bonchev–Trinajstić information content (AvgIpc) is 2.43. The van der Waals surface area contributed by atoms with Crippen molar-refractivity contribution in [2.75, 3.05) is 19.0 Å². The molecule has 0 amide bonds. The van der Waals surface area contributed by atoms with Crippen LogP contribution >= 0.6 is 9.24 Å². The molecule has 0 spiro atoms. The van der Waals surface area contributed by atoms with Crippen molar-refractivity contribution >= 4 is 20.2 Å². The van der Waals surface area contributed by atoms with Gasteiger partial charge in [-0.3, -0.25) is 4.79 Å². The van der Waals surface area contributed by atoms with E-state index in [1.165, 1.54) is 0 Å². The Bertz CT molecular complexity index is 635. The Hall–Kier alpha value is -1.67. The Morgan fingerprint density at radius 1 is 1.25 bits per heavy atom. The summed E-state index contributed by atoms with van der Waals surface area (Å²) in [7, 11) is 6.29. The number of aromatic nitrogens is 2. The minimum Gasteiger partial charge on any atom is -0.372 e. The van der Waals surface area contributed by atoms with Crippen molar-refractivity contribution in [1.82, 2.24) is 9.97 Å². The first-order chi connectivity index (χ1) is 9.49. The molecule has 1 heterocycles. The highest BCUT2D eigenvalue weighted by molar-refractivity contribution is 7.27. The van der Waals surface area contributed by atoms with Gasteiger partial charge in [-0.2, -0.15) is 0 Å². The number of benzene rings is 1. The molecule has 2 aromatic rings. The smallest absolute Gasteiger partial charge is 0.274 e. The van der Waals surface area contributed by atoms with E-state index in [1.807, 2.05) is 53.1 Å². The highest BCUT2D eigenvalue weighted by atomic mass is 31.0. The van der Waals surface area contributed by atoms with E-state index in [1.54, 1.807) is 11.1 Å². The van der Waals surface area contributed by atoms with Crippen LogP contribution in [0.3, 0.4) is 0 Å². The second kappa shape index (κ2) is 7.20. The molecule has 0 saturated carbocycles. The molecule has 1 aromatic heterocycles. The normalized spacial score (nSPS) is 9.70. The van der Waals surface area contributed by atoms with Crippen LogP contribution in [0.1, 0.15) is 19.4 Å². The first-order valence-corrected chi connectivity index (χ1v) is 7.20. The fourth-order valence-corrected chi connectivity index (χ4v) is 2.04. The van der Waals surface area contributed by atoms with Crippen LogP contribution in [0.5, 0.6) is 0 Å². The van der Waals surface area contributed by atoms with Gasteiger partial charge in [0.2, 0.25) is 0 Å². The molecule has 1 N–H and O–H groups in total. The number of rotatable bonds is 2. The second-order valence-electron chi connectivity index (χ2n) is 4.43. The molecule has 0 aliphatic rings. The molecule has 1 unspecified atom stereocenters. The number of aromatic amines is 1. The van der Waals surface area contributed by atoms with Crippen LogP contribution in [0, 0.1) is 6.92 Å². The molecule has 1 atom stereocenters.